The number of benzene rings is 2. The molecule has 1 saturated carbocycles. The molecule has 3 aromatic rings. The van der Waals surface area contributed by atoms with Crippen LogP contribution < -0.4 is 11.1 Å². The third kappa shape index (κ3) is 4.12. The molecule has 0 saturated heterocycles. The van der Waals surface area contributed by atoms with E-state index in [1.165, 1.54) is 19.1 Å². The summed E-state index contributed by atoms with van der Waals surface area (Å²) in [5.74, 6) is -1.35. The molecule has 6 heteroatoms. The van der Waals surface area contributed by atoms with Gasteiger partial charge in [0.2, 0.25) is 0 Å². The molecule has 1 aromatic heterocycles. The van der Waals surface area contributed by atoms with Crippen molar-refractivity contribution in [3.63, 3.8) is 0 Å². The number of hydrogen-bond acceptors (Lipinski definition) is 4. The number of pyridine rings is 1. The third-order valence-corrected chi connectivity index (χ3v) is 5.56. The number of hydrogen-bond donors (Lipinski definition) is 2. The van der Waals surface area contributed by atoms with Gasteiger partial charge < -0.3 is 11.1 Å². The van der Waals surface area contributed by atoms with E-state index in [0.29, 0.717) is 22.2 Å². The van der Waals surface area contributed by atoms with Crippen molar-refractivity contribution in [2.45, 2.75) is 44.7 Å². The Morgan fingerprint density at radius 1 is 1.03 bits per heavy atom. The maximum absolute atomic E-state index is 13.7. The number of nitrogens with two attached hydrogens (primary N) is 1. The van der Waals surface area contributed by atoms with Gasteiger partial charge >= 0.3 is 0 Å². The molecule has 1 heterocycles. The SMILES string of the molecule is CC(=O)c1cnc2ccc(-c3cc(F)cc(F)c3)cc2c1NC1CCC(N)CC1. The summed E-state index contributed by atoms with van der Waals surface area (Å²) in [6.07, 6.45) is 5.31. The molecule has 3 N–H and O–H groups in total. The number of nitrogens with zero attached hydrogens (tertiary/aromatic N) is 1. The first-order chi connectivity index (χ1) is 13.9. The van der Waals surface area contributed by atoms with E-state index in [-0.39, 0.29) is 17.9 Å². The van der Waals surface area contributed by atoms with Crippen LogP contribution in [0.1, 0.15) is 43.0 Å². The third-order valence-electron chi connectivity index (χ3n) is 5.56. The molecule has 1 fully saturated rings. The smallest absolute Gasteiger partial charge is 0.163 e. The largest absolute Gasteiger partial charge is 0.381 e. The van der Waals surface area contributed by atoms with Gasteiger partial charge in [-0.3, -0.25) is 9.78 Å². The quantitative estimate of drug-likeness (QED) is 0.606. The topological polar surface area (TPSA) is 68.0 Å². The minimum Gasteiger partial charge on any atom is -0.381 e. The molecule has 0 aliphatic heterocycles. The Morgan fingerprint density at radius 3 is 2.38 bits per heavy atom. The fourth-order valence-electron chi connectivity index (χ4n) is 3.98. The minimum atomic E-state index is -0.632. The van der Waals surface area contributed by atoms with E-state index in [9.17, 15) is 13.6 Å². The molecule has 29 heavy (non-hydrogen) atoms. The summed E-state index contributed by atoms with van der Waals surface area (Å²) in [6, 6.07) is 9.29. The number of ketones is 1. The van der Waals surface area contributed by atoms with E-state index in [0.717, 1.165) is 42.8 Å². The summed E-state index contributed by atoms with van der Waals surface area (Å²) in [5.41, 5.74) is 9.06. The van der Waals surface area contributed by atoms with E-state index < -0.39 is 11.6 Å². The number of fused-ring (bicyclic) bond motifs is 1. The predicted molar refractivity (Wildman–Crippen MR) is 111 cm³/mol. The van der Waals surface area contributed by atoms with Crippen LogP contribution in [-0.2, 0) is 0 Å². The zero-order valence-corrected chi connectivity index (χ0v) is 16.2. The average molecular weight is 395 g/mol. The van der Waals surface area contributed by atoms with Crippen molar-refractivity contribution in [1.82, 2.24) is 4.98 Å². The summed E-state index contributed by atoms with van der Waals surface area (Å²) in [6.45, 7) is 1.51. The summed E-state index contributed by atoms with van der Waals surface area (Å²) in [4.78, 5) is 16.7. The standard InChI is InChI=1S/C23H23F2N3O/c1-13(29)21-12-27-22-7-2-14(15-8-16(24)11-17(25)9-15)10-20(22)23(21)28-19-5-3-18(26)4-6-19/h2,7-12,18-19H,3-6,26H2,1H3,(H,27,28). The number of halogens is 2. The number of carbonyl (C=O) groups is 1. The lowest BCUT2D eigenvalue weighted by Crippen LogP contribution is -2.33. The number of Topliss-reactive ketones (excluding diaryl/α,β-unsaturated/α-hetero) is 1. The summed E-state index contributed by atoms with van der Waals surface area (Å²) in [5, 5.41) is 4.29. The van der Waals surface area contributed by atoms with E-state index in [2.05, 4.69) is 10.3 Å². The van der Waals surface area contributed by atoms with Gasteiger partial charge in [0.15, 0.2) is 5.78 Å². The van der Waals surface area contributed by atoms with Crippen LogP contribution in [0, 0.1) is 11.6 Å². The van der Waals surface area contributed by atoms with Gasteiger partial charge in [0, 0.05) is 29.7 Å². The molecule has 0 atom stereocenters. The minimum absolute atomic E-state index is 0.0865. The Labute approximate surface area is 168 Å². The molecule has 1 aliphatic rings. The van der Waals surface area contributed by atoms with Crippen molar-refractivity contribution in [1.29, 1.82) is 0 Å². The molecule has 0 unspecified atom stereocenters. The van der Waals surface area contributed by atoms with Crippen molar-refractivity contribution in [2.75, 3.05) is 5.32 Å². The van der Waals surface area contributed by atoms with E-state index in [1.807, 2.05) is 6.07 Å². The van der Waals surface area contributed by atoms with Crippen LogP contribution in [0.2, 0.25) is 0 Å². The fraction of sp³-hybridized carbons (Fsp3) is 0.304. The van der Waals surface area contributed by atoms with E-state index >= 15 is 0 Å². The van der Waals surface area contributed by atoms with Crippen LogP contribution in [0.5, 0.6) is 0 Å². The lowest BCUT2D eigenvalue weighted by molar-refractivity contribution is 0.101. The number of carbonyl (C=O) groups excluding carboxylic acids is 1. The first kappa shape index (κ1) is 19.5. The van der Waals surface area contributed by atoms with Crippen molar-refractivity contribution in [2.24, 2.45) is 5.73 Å². The molecular formula is C23H23F2N3O. The summed E-state index contributed by atoms with van der Waals surface area (Å²) >= 11 is 0. The number of aromatic nitrogens is 1. The van der Waals surface area contributed by atoms with Crippen molar-refractivity contribution in [3.8, 4) is 11.1 Å². The summed E-state index contributed by atoms with van der Waals surface area (Å²) in [7, 11) is 0. The molecule has 4 nitrogen and oxygen atoms in total. The highest BCUT2D eigenvalue weighted by Crippen LogP contribution is 2.33. The van der Waals surface area contributed by atoms with Crippen LogP contribution in [0.15, 0.2) is 42.6 Å². The van der Waals surface area contributed by atoms with Crippen molar-refractivity contribution >= 4 is 22.4 Å². The van der Waals surface area contributed by atoms with Gasteiger partial charge in [-0.2, -0.15) is 0 Å². The second-order valence-corrected chi connectivity index (χ2v) is 7.75. The average Bonchev–Trinajstić information content (AvgIpc) is 2.68. The molecule has 0 radical (unpaired) electrons. The highest BCUT2D eigenvalue weighted by Gasteiger charge is 2.21. The van der Waals surface area contributed by atoms with Crippen LogP contribution in [-0.4, -0.2) is 22.9 Å². The molecule has 150 valence electrons. The second kappa shape index (κ2) is 7.87. The first-order valence-electron chi connectivity index (χ1n) is 9.83. The maximum Gasteiger partial charge on any atom is 0.163 e. The molecule has 2 aromatic carbocycles. The molecule has 0 bridgehead atoms. The van der Waals surface area contributed by atoms with Gasteiger partial charge in [-0.15, -0.1) is 0 Å². The lowest BCUT2D eigenvalue weighted by Gasteiger charge is -2.28. The Balaban J connectivity index is 1.82. The lowest BCUT2D eigenvalue weighted by atomic mass is 9.91. The van der Waals surface area contributed by atoms with Crippen LogP contribution >= 0.6 is 0 Å². The Bertz CT molecular complexity index is 1050. The van der Waals surface area contributed by atoms with Crippen LogP contribution in [0.4, 0.5) is 14.5 Å². The van der Waals surface area contributed by atoms with Crippen molar-refractivity contribution in [3.05, 3.63) is 59.8 Å². The number of anilines is 1. The fourth-order valence-corrected chi connectivity index (χ4v) is 3.98. The van der Waals surface area contributed by atoms with Gasteiger partial charge in [-0.25, -0.2) is 8.78 Å². The molecule has 4 rings (SSSR count). The number of nitrogens with one attached hydrogen (secondary N) is 1. The van der Waals surface area contributed by atoms with Gasteiger partial charge in [-0.05, 0) is 68.0 Å². The monoisotopic (exact) mass is 395 g/mol. The Hall–Kier alpha value is -2.86. The normalized spacial score (nSPS) is 19.3. The van der Waals surface area contributed by atoms with Gasteiger partial charge in [0.25, 0.3) is 0 Å². The highest BCUT2D eigenvalue weighted by molar-refractivity contribution is 6.07. The molecule has 0 amide bonds. The molecular weight excluding hydrogens is 372 g/mol. The zero-order chi connectivity index (χ0) is 20.5. The predicted octanol–water partition coefficient (Wildman–Crippen LogP) is 5.06. The molecule has 0 spiro atoms. The van der Waals surface area contributed by atoms with Gasteiger partial charge in [0.1, 0.15) is 11.6 Å². The number of rotatable bonds is 4. The van der Waals surface area contributed by atoms with E-state index in [4.69, 9.17) is 5.73 Å². The maximum atomic E-state index is 13.7. The Morgan fingerprint density at radius 2 is 1.72 bits per heavy atom. The van der Waals surface area contributed by atoms with Crippen molar-refractivity contribution < 1.29 is 13.6 Å². The zero-order valence-electron chi connectivity index (χ0n) is 16.2. The van der Waals surface area contributed by atoms with E-state index in [1.54, 1.807) is 18.3 Å². The second-order valence-electron chi connectivity index (χ2n) is 7.75. The Kier molecular flexibility index (Phi) is 5.28. The molecule has 1 aliphatic carbocycles. The van der Waals surface area contributed by atoms with Crippen LogP contribution in [0.25, 0.3) is 22.0 Å². The highest BCUT2D eigenvalue weighted by atomic mass is 19.1. The van der Waals surface area contributed by atoms with Gasteiger partial charge in [0.05, 0.1) is 16.8 Å². The summed E-state index contributed by atoms with van der Waals surface area (Å²) < 4.78 is 27.4. The van der Waals surface area contributed by atoms with Gasteiger partial charge in [-0.1, -0.05) is 6.07 Å². The first-order valence-corrected chi connectivity index (χ1v) is 9.83. The van der Waals surface area contributed by atoms with Crippen LogP contribution in [0.3, 0.4) is 0 Å².